The first kappa shape index (κ1) is 13.2. The van der Waals surface area contributed by atoms with Crippen molar-refractivity contribution in [3.63, 3.8) is 0 Å². The molecule has 94 valence electrons. The highest BCUT2D eigenvalue weighted by Gasteiger charge is 2.18. The molecule has 1 amide bonds. The maximum absolute atomic E-state index is 11.8. The second-order valence-electron chi connectivity index (χ2n) is 4.29. The Morgan fingerprint density at radius 2 is 2.18 bits per heavy atom. The van der Waals surface area contributed by atoms with Crippen LogP contribution < -0.4 is 10.2 Å². The van der Waals surface area contributed by atoms with Crippen molar-refractivity contribution in [2.45, 2.75) is 13.8 Å². The van der Waals surface area contributed by atoms with Crippen LogP contribution in [0.15, 0.2) is 6.20 Å². The minimum absolute atomic E-state index is 0.186. The normalized spacial score (nSPS) is 12.1. The summed E-state index contributed by atoms with van der Waals surface area (Å²) in [5.41, 5.74) is 1.01. The summed E-state index contributed by atoms with van der Waals surface area (Å²) in [6, 6.07) is 0. The quantitative estimate of drug-likeness (QED) is 0.770. The van der Waals surface area contributed by atoms with Crippen molar-refractivity contribution in [2.24, 2.45) is 13.0 Å². The zero-order valence-corrected chi connectivity index (χ0v) is 10.9. The van der Waals surface area contributed by atoms with Gasteiger partial charge in [-0.15, -0.1) is 0 Å². The van der Waals surface area contributed by atoms with Crippen LogP contribution in [0.1, 0.15) is 13.8 Å². The van der Waals surface area contributed by atoms with E-state index in [1.165, 1.54) is 0 Å². The molecule has 17 heavy (non-hydrogen) atoms. The molecule has 0 aromatic carbocycles. The second kappa shape index (κ2) is 4.99. The molecule has 1 atom stereocenters. The summed E-state index contributed by atoms with van der Waals surface area (Å²) in [6.07, 6.45) is 1.61. The second-order valence-corrected chi connectivity index (χ2v) is 4.29. The van der Waals surface area contributed by atoms with Crippen LogP contribution in [0.3, 0.4) is 0 Å². The third-order valence-corrected chi connectivity index (χ3v) is 2.63. The van der Waals surface area contributed by atoms with E-state index in [1.54, 1.807) is 24.7 Å². The molecule has 0 fully saturated rings. The Balaban J connectivity index is 2.89. The molecule has 0 saturated carbocycles. The molecule has 0 spiro atoms. The highest BCUT2D eigenvalue weighted by molar-refractivity contribution is 6.07. The molecule has 0 aliphatic carbocycles. The lowest BCUT2D eigenvalue weighted by molar-refractivity contribution is -0.117. The van der Waals surface area contributed by atoms with E-state index in [4.69, 9.17) is 5.41 Å². The summed E-state index contributed by atoms with van der Waals surface area (Å²) in [5.74, 6) is 0.215. The van der Waals surface area contributed by atoms with E-state index in [0.717, 1.165) is 5.82 Å². The lowest BCUT2D eigenvalue weighted by Crippen LogP contribution is -2.26. The zero-order chi connectivity index (χ0) is 13.2. The van der Waals surface area contributed by atoms with E-state index < -0.39 is 5.92 Å². The SMILES string of the molecule is CC(=N)C(C)C(=O)Nc1cnn(C)c1N(C)C. The molecular weight excluding hydrogens is 218 g/mol. The van der Waals surface area contributed by atoms with Gasteiger partial charge in [-0.1, -0.05) is 0 Å². The van der Waals surface area contributed by atoms with Crippen LogP contribution in [0.25, 0.3) is 0 Å². The molecule has 0 saturated heterocycles. The van der Waals surface area contributed by atoms with Gasteiger partial charge in [0.05, 0.1) is 12.1 Å². The minimum Gasteiger partial charge on any atom is -0.361 e. The lowest BCUT2D eigenvalue weighted by Gasteiger charge is -2.16. The number of aromatic nitrogens is 2. The summed E-state index contributed by atoms with van der Waals surface area (Å²) in [4.78, 5) is 13.7. The summed E-state index contributed by atoms with van der Waals surface area (Å²) < 4.78 is 1.69. The van der Waals surface area contributed by atoms with Gasteiger partial charge < -0.3 is 15.6 Å². The number of hydrogen-bond acceptors (Lipinski definition) is 4. The van der Waals surface area contributed by atoms with E-state index in [1.807, 2.05) is 26.0 Å². The van der Waals surface area contributed by atoms with Gasteiger partial charge in [0, 0.05) is 26.9 Å². The summed E-state index contributed by atoms with van der Waals surface area (Å²) in [5, 5.41) is 14.3. The number of hydrogen-bond donors (Lipinski definition) is 2. The van der Waals surface area contributed by atoms with Crippen LogP contribution >= 0.6 is 0 Å². The zero-order valence-electron chi connectivity index (χ0n) is 10.9. The molecule has 0 aliphatic heterocycles. The minimum atomic E-state index is -0.426. The van der Waals surface area contributed by atoms with Gasteiger partial charge in [-0.05, 0) is 13.8 Å². The number of carbonyl (C=O) groups is 1. The molecular formula is C11H19N5O. The van der Waals surface area contributed by atoms with Gasteiger partial charge in [-0.3, -0.25) is 9.48 Å². The maximum atomic E-state index is 11.8. The number of nitrogens with zero attached hydrogens (tertiary/aromatic N) is 3. The number of anilines is 2. The molecule has 2 N–H and O–H groups in total. The fourth-order valence-corrected chi connectivity index (χ4v) is 1.49. The predicted octanol–water partition coefficient (Wildman–Crippen LogP) is 1.10. The van der Waals surface area contributed by atoms with Crippen molar-refractivity contribution in [3.8, 4) is 0 Å². The van der Waals surface area contributed by atoms with E-state index >= 15 is 0 Å². The molecule has 1 rings (SSSR count). The van der Waals surface area contributed by atoms with E-state index in [-0.39, 0.29) is 5.91 Å². The fourth-order valence-electron chi connectivity index (χ4n) is 1.49. The lowest BCUT2D eigenvalue weighted by atomic mass is 10.1. The van der Waals surface area contributed by atoms with Gasteiger partial charge in [0.1, 0.15) is 11.5 Å². The highest BCUT2D eigenvalue weighted by atomic mass is 16.1. The smallest absolute Gasteiger partial charge is 0.232 e. The number of rotatable bonds is 4. The average Bonchev–Trinajstić information content (AvgIpc) is 2.58. The Morgan fingerprint density at radius 3 is 2.65 bits per heavy atom. The van der Waals surface area contributed by atoms with Gasteiger partial charge in [0.25, 0.3) is 0 Å². The van der Waals surface area contributed by atoms with Crippen LogP contribution in [0, 0.1) is 11.3 Å². The number of amides is 1. The van der Waals surface area contributed by atoms with Crippen LogP contribution in [0.2, 0.25) is 0 Å². The molecule has 1 aromatic rings. The highest BCUT2D eigenvalue weighted by Crippen LogP contribution is 2.23. The molecule has 1 unspecified atom stereocenters. The molecule has 0 aliphatic rings. The van der Waals surface area contributed by atoms with Crippen LogP contribution in [0.4, 0.5) is 11.5 Å². The Kier molecular flexibility index (Phi) is 3.88. The molecule has 6 nitrogen and oxygen atoms in total. The monoisotopic (exact) mass is 237 g/mol. The first-order valence-corrected chi connectivity index (χ1v) is 5.39. The molecule has 0 radical (unpaired) electrons. The molecule has 6 heteroatoms. The van der Waals surface area contributed by atoms with Gasteiger partial charge in [-0.2, -0.15) is 5.10 Å². The largest absolute Gasteiger partial charge is 0.361 e. The molecule has 0 bridgehead atoms. The van der Waals surface area contributed by atoms with Crippen molar-refractivity contribution in [1.82, 2.24) is 9.78 Å². The Bertz CT molecular complexity index is 435. The number of aryl methyl sites for hydroxylation is 1. The predicted molar refractivity (Wildman–Crippen MR) is 68.7 cm³/mol. The van der Waals surface area contributed by atoms with Crippen LogP contribution in [-0.2, 0) is 11.8 Å². The maximum Gasteiger partial charge on any atom is 0.232 e. The number of nitrogens with one attached hydrogen (secondary N) is 2. The first-order chi connectivity index (χ1) is 7.84. The van der Waals surface area contributed by atoms with Crippen molar-refractivity contribution in [3.05, 3.63) is 6.20 Å². The molecule has 1 aromatic heterocycles. The van der Waals surface area contributed by atoms with Gasteiger partial charge in [-0.25, -0.2) is 0 Å². The summed E-state index contributed by atoms with van der Waals surface area (Å²) in [6.45, 7) is 3.34. The first-order valence-electron chi connectivity index (χ1n) is 5.39. The Labute approximate surface area is 101 Å². The van der Waals surface area contributed by atoms with Crippen molar-refractivity contribution in [1.29, 1.82) is 5.41 Å². The third-order valence-electron chi connectivity index (χ3n) is 2.63. The van der Waals surface area contributed by atoms with Crippen molar-refractivity contribution >= 4 is 23.1 Å². The topological polar surface area (TPSA) is 74.0 Å². The van der Waals surface area contributed by atoms with E-state index in [0.29, 0.717) is 11.4 Å². The van der Waals surface area contributed by atoms with Crippen molar-refractivity contribution in [2.75, 3.05) is 24.3 Å². The summed E-state index contributed by atoms with van der Waals surface area (Å²) in [7, 11) is 5.59. The summed E-state index contributed by atoms with van der Waals surface area (Å²) >= 11 is 0. The van der Waals surface area contributed by atoms with E-state index in [9.17, 15) is 4.79 Å². The Morgan fingerprint density at radius 1 is 1.59 bits per heavy atom. The van der Waals surface area contributed by atoms with Gasteiger partial charge in [0.15, 0.2) is 0 Å². The van der Waals surface area contributed by atoms with Gasteiger partial charge >= 0.3 is 0 Å². The fraction of sp³-hybridized carbons (Fsp3) is 0.545. The van der Waals surface area contributed by atoms with E-state index in [2.05, 4.69) is 10.4 Å². The average molecular weight is 237 g/mol. The van der Waals surface area contributed by atoms with Crippen LogP contribution in [0.5, 0.6) is 0 Å². The van der Waals surface area contributed by atoms with Crippen LogP contribution in [-0.4, -0.2) is 35.5 Å². The standard InChI is InChI=1S/C11H19N5O/c1-7(8(2)12)10(17)14-9-6-13-16(5)11(9)15(3)4/h6-7,12H,1-5H3,(H,14,17). The third kappa shape index (κ3) is 2.83. The molecule has 1 heterocycles. The van der Waals surface area contributed by atoms with Gasteiger partial charge in [0.2, 0.25) is 5.91 Å². The van der Waals surface area contributed by atoms with Crippen molar-refractivity contribution < 1.29 is 4.79 Å². The number of carbonyl (C=O) groups excluding carboxylic acids is 1. The Hall–Kier alpha value is -1.85.